The van der Waals surface area contributed by atoms with Crippen LogP contribution >= 0.6 is 11.3 Å². The lowest BCUT2D eigenvalue weighted by molar-refractivity contribution is 0.131. The first-order valence-corrected chi connectivity index (χ1v) is 6.55. The Kier molecular flexibility index (Phi) is 3.14. The van der Waals surface area contributed by atoms with E-state index in [4.69, 9.17) is 5.73 Å². The first-order valence-electron chi connectivity index (χ1n) is 5.67. The van der Waals surface area contributed by atoms with Gasteiger partial charge in [0.25, 0.3) is 0 Å². The molecule has 1 fully saturated rings. The first kappa shape index (κ1) is 11.1. The summed E-state index contributed by atoms with van der Waals surface area (Å²) in [7, 11) is 0. The Morgan fingerprint density at radius 2 is 2.27 bits per heavy atom. The van der Waals surface area contributed by atoms with Crippen LogP contribution in [0.2, 0.25) is 0 Å². The minimum absolute atomic E-state index is 0.318. The average Bonchev–Trinajstić information content (AvgIpc) is 2.83. The van der Waals surface area contributed by atoms with E-state index in [0.717, 1.165) is 13.1 Å². The van der Waals surface area contributed by atoms with Crippen molar-refractivity contribution >= 4 is 11.3 Å². The summed E-state index contributed by atoms with van der Waals surface area (Å²) in [6.45, 7) is 6.40. The number of nitrogens with two attached hydrogens (primary N) is 1. The standard InChI is InChI=1S/C12H20N2S/c1-10(2)14(12(9-13)5-6-12)8-11-4-3-7-15-11/h3-4,7,10H,5-6,8-9,13H2,1-2H3. The zero-order valence-corrected chi connectivity index (χ0v) is 10.4. The lowest BCUT2D eigenvalue weighted by Crippen LogP contribution is -2.46. The van der Waals surface area contributed by atoms with Crippen LogP contribution in [0.3, 0.4) is 0 Å². The summed E-state index contributed by atoms with van der Waals surface area (Å²) in [5, 5.41) is 2.15. The normalized spacial score (nSPS) is 18.7. The van der Waals surface area contributed by atoms with Crippen LogP contribution in [0.1, 0.15) is 31.6 Å². The molecule has 3 heteroatoms. The van der Waals surface area contributed by atoms with E-state index in [1.54, 1.807) is 0 Å². The molecule has 1 aliphatic rings. The molecule has 15 heavy (non-hydrogen) atoms. The monoisotopic (exact) mass is 224 g/mol. The summed E-state index contributed by atoms with van der Waals surface area (Å²) in [6, 6.07) is 4.92. The van der Waals surface area contributed by atoms with E-state index in [1.165, 1.54) is 17.7 Å². The van der Waals surface area contributed by atoms with E-state index in [-0.39, 0.29) is 0 Å². The molecule has 1 aromatic rings. The molecule has 0 spiro atoms. The number of nitrogens with zero attached hydrogens (tertiary/aromatic N) is 1. The third-order valence-electron chi connectivity index (χ3n) is 3.35. The van der Waals surface area contributed by atoms with Crippen LogP contribution in [0.5, 0.6) is 0 Å². The second-order valence-electron chi connectivity index (χ2n) is 4.73. The number of hydrogen-bond acceptors (Lipinski definition) is 3. The van der Waals surface area contributed by atoms with Crippen molar-refractivity contribution < 1.29 is 0 Å². The van der Waals surface area contributed by atoms with Crippen LogP contribution in [0.15, 0.2) is 17.5 Å². The van der Waals surface area contributed by atoms with Gasteiger partial charge < -0.3 is 5.73 Å². The number of hydrogen-bond donors (Lipinski definition) is 1. The molecular formula is C12H20N2S. The molecule has 1 saturated carbocycles. The van der Waals surface area contributed by atoms with Crippen LogP contribution in [-0.2, 0) is 6.54 Å². The fraction of sp³-hybridized carbons (Fsp3) is 0.667. The smallest absolute Gasteiger partial charge is 0.0339 e. The average molecular weight is 224 g/mol. The largest absolute Gasteiger partial charge is 0.329 e. The number of thiophene rings is 1. The molecule has 1 aliphatic carbocycles. The van der Waals surface area contributed by atoms with Gasteiger partial charge in [0.05, 0.1) is 0 Å². The van der Waals surface area contributed by atoms with Crippen molar-refractivity contribution in [2.24, 2.45) is 5.73 Å². The summed E-state index contributed by atoms with van der Waals surface area (Å²) in [5.74, 6) is 0. The predicted molar refractivity (Wildman–Crippen MR) is 66.0 cm³/mol. The molecule has 0 saturated heterocycles. The Bertz CT molecular complexity index is 301. The van der Waals surface area contributed by atoms with E-state index < -0.39 is 0 Å². The minimum atomic E-state index is 0.318. The SMILES string of the molecule is CC(C)N(Cc1cccs1)C1(CN)CC1. The summed E-state index contributed by atoms with van der Waals surface area (Å²) in [5.41, 5.74) is 6.22. The van der Waals surface area contributed by atoms with E-state index in [2.05, 4.69) is 36.3 Å². The van der Waals surface area contributed by atoms with Crippen LogP contribution in [0.4, 0.5) is 0 Å². The summed E-state index contributed by atoms with van der Waals surface area (Å²) in [4.78, 5) is 4.02. The molecule has 2 N–H and O–H groups in total. The van der Waals surface area contributed by atoms with Gasteiger partial charge in [0.15, 0.2) is 0 Å². The van der Waals surface area contributed by atoms with Crippen molar-refractivity contribution in [2.45, 2.75) is 44.8 Å². The molecule has 0 atom stereocenters. The Balaban J connectivity index is 2.07. The Hall–Kier alpha value is -0.380. The molecule has 1 aromatic heterocycles. The van der Waals surface area contributed by atoms with Crippen molar-refractivity contribution in [1.82, 2.24) is 4.90 Å². The van der Waals surface area contributed by atoms with E-state index >= 15 is 0 Å². The fourth-order valence-electron chi connectivity index (χ4n) is 2.22. The molecule has 0 bridgehead atoms. The fourth-order valence-corrected chi connectivity index (χ4v) is 2.92. The molecular weight excluding hydrogens is 204 g/mol. The van der Waals surface area contributed by atoms with Gasteiger partial charge >= 0.3 is 0 Å². The Morgan fingerprint density at radius 3 is 2.67 bits per heavy atom. The highest BCUT2D eigenvalue weighted by atomic mass is 32.1. The van der Waals surface area contributed by atoms with E-state index in [0.29, 0.717) is 11.6 Å². The maximum Gasteiger partial charge on any atom is 0.0339 e. The molecule has 0 aromatic carbocycles. The van der Waals surface area contributed by atoms with Gasteiger partial charge in [0.2, 0.25) is 0 Å². The molecule has 0 radical (unpaired) electrons. The van der Waals surface area contributed by atoms with E-state index in [1.807, 2.05) is 11.3 Å². The zero-order chi connectivity index (χ0) is 10.9. The summed E-state index contributed by atoms with van der Waals surface area (Å²) in [6.07, 6.45) is 2.54. The maximum atomic E-state index is 5.90. The van der Waals surface area contributed by atoms with Crippen LogP contribution < -0.4 is 5.73 Å². The van der Waals surface area contributed by atoms with Crippen molar-refractivity contribution in [1.29, 1.82) is 0 Å². The highest BCUT2D eigenvalue weighted by Gasteiger charge is 2.47. The molecule has 84 valence electrons. The second kappa shape index (κ2) is 4.24. The third kappa shape index (κ3) is 2.25. The van der Waals surface area contributed by atoms with Crippen LogP contribution in [0, 0.1) is 0 Å². The molecule has 0 amide bonds. The maximum absolute atomic E-state index is 5.90. The van der Waals surface area contributed by atoms with Gasteiger partial charge in [-0.25, -0.2) is 0 Å². The van der Waals surface area contributed by atoms with Crippen LogP contribution in [-0.4, -0.2) is 23.0 Å². The summed E-state index contributed by atoms with van der Waals surface area (Å²) < 4.78 is 0. The third-order valence-corrected chi connectivity index (χ3v) is 4.21. The van der Waals surface area contributed by atoms with Gasteiger partial charge in [-0.05, 0) is 38.1 Å². The van der Waals surface area contributed by atoms with Crippen LogP contribution in [0.25, 0.3) is 0 Å². The topological polar surface area (TPSA) is 29.3 Å². The second-order valence-corrected chi connectivity index (χ2v) is 5.76. The van der Waals surface area contributed by atoms with Crippen molar-refractivity contribution in [3.05, 3.63) is 22.4 Å². The zero-order valence-electron chi connectivity index (χ0n) is 9.57. The highest BCUT2D eigenvalue weighted by Crippen LogP contribution is 2.42. The predicted octanol–water partition coefficient (Wildman–Crippen LogP) is 2.45. The quantitative estimate of drug-likeness (QED) is 0.832. The minimum Gasteiger partial charge on any atom is -0.329 e. The number of rotatable bonds is 5. The lowest BCUT2D eigenvalue weighted by atomic mass is 10.1. The molecule has 0 aliphatic heterocycles. The van der Waals surface area contributed by atoms with E-state index in [9.17, 15) is 0 Å². The highest BCUT2D eigenvalue weighted by molar-refractivity contribution is 7.09. The Labute approximate surface area is 96.1 Å². The van der Waals surface area contributed by atoms with Gasteiger partial charge in [0.1, 0.15) is 0 Å². The molecule has 2 rings (SSSR count). The van der Waals surface area contributed by atoms with Gasteiger partial charge in [0, 0.05) is 29.5 Å². The van der Waals surface area contributed by atoms with Crippen molar-refractivity contribution in [2.75, 3.05) is 6.54 Å². The van der Waals surface area contributed by atoms with Gasteiger partial charge in [-0.3, -0.25) is 4.90 Å². The Morgan fingerprint density at radius 1 is 1.53 bits per heavy atom. The van der Waals surface area contributed by atoms with Gasteiger partial charge in [-0.15, -0.1) is 11.3 Å². The van der Waals surface area contributed by atoms with Gasteiger partial charge in [-0.2, -0.15) is 0 Å². The molecule has 2 nitrogen and oxygen atoms in total. The molecule has 1 heterocycles. The lowest BCUT2D eigenvalue weighted by Gasteiger charge is -2.34. The van der Waals surface area contributed by atoms with Gasteiger partial charge in [-0.1, -0.05) is 6.07 Å². The van der Waals surface area contributed by atoms with Crippen molar-refractivity contribution in [3.8, 4) is 0 Å². The van der Waals surface area contributed by atoms with Crippen molar-refractivity contribution in [3.63, 3.8) is 0 Å². The first-order chi connectivity index (χ1) is 7.18. The summed E-state index contributed by atoms with van der Waals surface area (Å²) >= 11 is 1.84. The molecule has 0 unspecified atom stereocenters.